The van der Waals surface area contributed by atoms with Crippen LogP contribution in [-0.4, -0.2) is 42.4 Å². The molecule has 130 valence electrons. The summed E-state index contributed by atoms with van der Waals surface area (Å²) in [5, 5.41) is 0.400. The molecule has 1 aromatic heterocycles. The van der Waals surface area contributed by atoms with Gasteiger partial charge in [0, 0.05) is 31.5 Å². The third-order valence-corrected chi connectivity index (χ3v) is 6.03. The molecule has 5 nitrogen and oxygen atoms in total. The minimum atomic E-state index is -2.85. The standard InChI is InChI=1S/C16H19F2N3O2S/c1-23-12(22)5-9-10-6-21(7-11(9)10)14-8-3-4-16(17,18)13(8)19-15(20-14)24-2/h9-11H,3-7H2,1-2H3/t9-,10-,11+. The molecule has 1 saturated heterocycles. The van der Waals surface area contributed by atoms with E-state index in [0.29, 0.717) is 47.1 Å². The summed E-state index contributed by atoms with van der Waals surface area (Å²) in [6.45, 7) is 1.55. The fourth-order valence-corrected chi connectivity index (χ4v) is 4.50. The molecule has 2 aliphatic carbocycles. The third kappa shape index (κ3) is 2.46. The van der Waals surface area contributed by atoms with Crippen LogP contribution in [0.4, 0.5) is 14.6 Å². The molecule has 2 fully saturated rings. The molecule has 24 heavy (non-hydrogen) atoms. The van der Waals surface area contributed by atoms with Crippen LogP contribution >= 0.6 is 11.8 Å². The topological polar surface area (TPSA) is 55.3 Å². The van der Waals surface area contributed by atoms with E-state index in [1.165, 1.54) is 18.9 Å². The van der Waals surface area contributed by atoms with Crippen molar-refractivity contribution in [2.45, 2.75) is 30.3 Å². The quantitative estimate of drug-likeness (QED) is 0.470. The van der Waals surface area contributed by atoms with Gasteiger partial charge in [0.15, 0.2) is 5.16 Å². The third-order valence-electron chi connectivity index (χ3n) is 5.48. The fraction of sp³-hybridized carbons (Fsp3) is 0.688. The lowest BCUT2D eigenvalue weighted by Gasteiger charge is -2.24. The maximum Gasteiger partial charge on any atom is 0.305 e. The number of piperidine rings is 1. The molecule has 0 aromatic carbocycles. The summed E-state index contributed by atoms with van der Waals surface area (Å²) < 4.78 is 32.9. The van der Waals surface area contributed by atoms with E-state index in [0.717, 1.165) is 13.1 Å². The molecule has 0 radical (unpaired) electrons. The van der Waals surface area contributed by atoms with Gasteiger partial charge in [0.1, 0.15) is 11.5 Å². The van der Waals surface area contributed by atoms with Gasteiger partial charge in [-0.25, -0.2) is 9.97 Å². The lowest BCUT2D eigenvalue weighted by atomic mass is 10.1. The van der Waals surface area contributed by atoms with E-state index in [1.54, 1.807) is 6.26 Å². The molecule has 1 aromatic rings. The summed E-state index contributed by atoms with van der Waals surface area (Å²) in [7, 11) is 1.40. The van der Waals surface area contributed by atoms with E-state index in [1.807, 2.05) is 0 Å². The zero-order valence-corrected chi connectivity index (χ0v) is 14.4. The number of rotatable bonds is 4. The van der Waals surface area contributed by atoms with Crippen LogP contribution in [0.3, 0.4) is 0 Å². The first-order valence-electron chi connectivity index (χ1n) is 8.09. The Labute approximate surface area is 143 Å². The number of fused-ring (bicyclic) bond motifs is 2. The molecule has 3 aliphatic rings. The highest BCUT2D eigenvalue weighted by atomic mass is 32.2. The van der Waals surface area contributed by atoms with Gasteiger partial charge in [-0.1, -0.05) is 11.8 Å². The summed E-state index contributed by atoms with van der Waals surface area (Å²) in [6.07, 6.45) is 2.39. The van der Waals surface area contributed by atoms with E-state index in [4.69, 9.17) is 4.74 Å². The van der Waals surface area contributed by atoms with Gasteiger partial charge < -0.3 is 9.64 Å². The molecule has 1 saturated carbocycles. The monoisotopic (exact) mass is 355 g/mol. The molecular weight excluding hydrogens is 336 g/mol. The first-order chi connectivity index (χ1) is 11.4. The molecule has 0 unspecified atom stereocenters. The number of hydrogen-bond acceptors (Lipinski definition) is 6. The zero-order valence-electron chi connectivity index (χ0n) is 13.6. The number of carbonyl (C=O) groups excluding carboxylic acids is 1. The smallest absolute Gasteiger partial charge is 0.305 e. The largest absolute Gasteiger partial charge is 0.469 e. The number of carbonyl (C=O) groups is 1. The van der Waals surface area contributed by atoms with E-state index in [9.17, 15) is 13.6 Å². The molecule has 2 heterocycles. The second kappa shape index (κ2) is 5.54. The van der Waals surface area contributed by atoms with Crippen molar-refractivity contribution in [3.8, 4) is 0 Å². The summed E-state index contributed by atoms with van der Waals surface area (Å²) in [5.74, 6) is -1.11. The number of methoxy groups -OCH3 is 1. The molecule has 4 rings (SSSR count). The number of anilines is 1. The number of aromatic nitrogens is 2. The van der Waals surface area contributed by atoms with Gasteiger partial charge in [-0.15, -0.1) is 0 Å². The molecule has 0 bridgehead atoms. The van der Waals surface area contributed by atoms with Gasteiger partial charge in [0.2, 0.25) is 0 Å². The summed E-state index contributed by atoms with van der Waals surface area (Å²) in [4.78, 5) is 22.1. The van der Waals surface area contributed by atoms with Crippen molar-refractivity contribution in [3.63, 3.8) is 0 Å². The summed E-state index contributed by atoms with van der Waals surface area (Å²) >= 11 is 1.29. The van der Waals surface area contributed by atoms with Crippen molar-refractivity contribution in [1.82, 2.24) is 9.97 Å². The highest BCUT2D eigenvalue weighted by molar-refractivity contribution is 7.98. The Morgan fingerprint density at radius 2 is 2.08 bits per heavy atom. The van der Waals surface area contributed by atoms with Crippen LogP contribution in [-0.2, 0) is 21.9 Å². The van der Waals surface area contributed by atoms with Crippen molar-refractivity contribution in [2.75, 3.05) is 31.4 Å². The Balaban J connectivity index is 1.55. The molecule has 3 atom stereocenters. The zero-order chi connectivity index (χ0) is 17.1. The number of nitrogens with zero attached hydrogens (tertiary/aromatic N) is 3. The number of halogens is 2. The minimum Gasteiger partial charge on any atom is -0.469 e. The second-order valence-electron chi connectivity index (χ2n) is 6.74. The molecular formula is C16H19F2N3O2S. The van der Waals surface area contributed by atoms with Gasteiger partial charge in [0.05, 0.1) is 7.11 Å². The fourth-order valence-electron chi connectivity index (χ4n) is 4.14. The SMILES string of the molecule is COC(=O)C[C@@H]1[C@H]2CN(c3nc(SC)nc4c3CCC4(F)F)C[C@@H]12. The Kier molecular flexibility index (Phi) is 3.71. The van der Waals surface area contributed by atoms with Crippen molar-refractivity contribution >= 4 is 23.5 Å². The Hall–Kier alpha value is -1.44. The van der Waals surface area contributed by atoms with Crippen molar-refractivity contribution in [1.29, 1.82) is 0 Å². The van der Waals surface area contributed by atoms with Gasteiger partial charge in [-0.3, -0.25) is 4.79 Å². The first-order valence-corrected chi connectivity index (χ1v) is 9.32. The number of ether oxygens (including phenoxy) is 1. The highest BCUT2D eigenvalue weighted by Gasteiger charge is 2.57. The van der Waals surface area contributed by atoms with E-state index >= 15 is 0 Å². The average molecular weight is 355 g/mol. The lowest BCUT2D eigenvalue weighted by molar-refractivity contribution is -0.141. The van der Waals surface area contributed by atoms with Gasteiger partial charge in [0.25, 0.3) is 5.92 Å². The molecule has 0 amide bonds. The van der Waals surface area contributed by atoms with E-state index < -0.39 is 5.92 Å². The number of thioether (sulfide) groups is 1. The average Bonchev–Trinajstić information content (AvgIpc) is 2.91. The van der Waals surface area contributed by atoms with Crippen LogP contribution in [0.25, 0.3) is 0 Å². The van der Waals surface area contributed by atoms with Crippen LogP contribution in [0.1, 0.15) is 24.1 Å². The maximum absolute atomic E-state index is 14.1. The summed E-state index contributed by atoms with van der Waals surface area (Å²) in [6, 6.07) is 0. The molecule has 0 N–H and O–H groups in total. The van der Waals surface area contributed by atoms with Crippen LogP contribution in [0, 0.1) is 17.8 Å². The Bertz CT molecular complexity index is 688. The van der Waals surface area contributed by atoms with Crippen molar-refractivity contribution in [2.24, 2.45) is 17.8 Å². The number of esters is 1. The minimum absolute atomic E-state index is 0.0939. The lowest BCUT2D eigenvalue weighted by Crippen LogP contribution is -2.27. The van der Waals surface area contributed by atoms with E-state index in [2.05, 4.69) is 14.9 Å². The van der Waals surface area contributed by atoms with Crippen LogP contribution in [0.5, 0.6) is 0 Å². The Morgan fingerprint density at radius 3 is 2.71 bits per heavy atom. The Morgan fingerprint density at radius 1 is 1.38 bits per heavy atom. The van der Waals surface area contributed by atoms with Crippen molar-refractivity contribution in [3.05, 3.63) is 11.3 Å². The second-order valence-corrected chi connectivity index (χ2v) is 7.52. The van der Waals surface area contributed by atoms with Gasteiger partial charge in [-0.2, -0.15) is 8.78 Å². The highest BCUT2D eigenvalue weighted by Crippen LogP contribution is 2.55. The molecule has 8 heteroatoms. The van der Waals surface area contributed by atoms with Gasteiger partial charge in [-0.05, 0) is 30.4 Å². The molecule has 0 spiro atoms. The summed E-state index contributed by atoms with van der Waals surface area (Å²) in [5.41, 5.74) is 0.507. The predicted molar refractivity (Wildman–Crippen MR) is 85.3 cm³/mol. The van der Waals surface area contributed by atoms with E-state index in [-0.39, 0.29) is 18.1 Å². The number of alkyl halides is 2. The molecule has 1 aliphatic heterocycles. The van der Waals surface area contributed by atoms with Crippen LogP contribution < -0.4 is 4.90 Å². The van der Waals surface area contributed by atoms with Crippen LogP contribution in [0.15, 0.2) is 5.16 Å². The maximum atomic E-state index is 14.1. The van der Waals surface area contributed by atoms with Crippen molar-refractivity contribution < 1.29 is 18.3 Å². The normalized spacial score (nSPS) is 29.3. The predicted octanol–water partition coefficient (Wildman–Crippen LogP) is 2.48. The first kappa shape index (κ1) is 16.1. The number of hydrogen-bond donors (Lipinski definition) is 0. The van der Waals surface area contributed by atoms with Gasteiger partial charge >= 0.3 is 5.97 Å². The van der Waals surface area contributed by atoms with Crippen LogP contribution in [0.2, 0.25) is 0 Å².